The molecule has 1 saturated heterocycles. The topological polar surface area (TPSA) is 30.5 Å². The van der Waals surface area contributed by atoms with Gasteiger partial charge in [-0.25, -0.2) is 17.6 Å². The number of hydrogen-bond acceptors (Lipinski definition) is 4. The van der Waals surface area contributed by atoms with Crippen LogP contribution in [-0.4, -0.2) is 62.2 Å². The van der Waals surface area contributed by atoms with Crippen molar-refractivity contribution in [1.29, 1.82) is 0 Å². The maximum atomic E-state index is 13.5. The fourth-order valence-electron chi connectivity index (χ4n) is 3.66. The van der Waals surface area contributed by atoms with Crippen LogP contribution in [0.2, 0.25) is 0 Å². The van der Waals surface area contributed by atoms with Crippen molar-refractivity contribution >= 4 is 0 Å². The monoisotopic (exact) mass is 424 g/mol. The van der Waals surface area contributed by atoms with Crippen LogP contribution >= 0.6 is 0 Å². The number of rotatable bonds is 4. The van der Waals surface area contributed by atoms with Gasteiger partial charge in [0.2, 0.25) is 0 Å². The molecule has 0 radical (unpaired) electrons. The fraction of sp³-hybridized carbons (Fsp3) is 0.455. The second-order valence-electron chi connectivity index (χ2n) is 7.61. The van der Waals surface area contributed by atoms with Crippen LogP contribution in [0.1, 0.15) is 11.1 Å². The standard InChI is InChI=1S/C22H28F4N4/c23-19-9-17(10-20(24)13-19)15-29-5-1-27-2-6-30(8-4-28-3-7-29)16-18-11-21(25)14-22(26)12-18/h9-14,27-28H,1-8,15-16H2. The summed E-state index contributed by atoms with van der Waals surface area (Å²) in [5.41, 5.74) is 1.24. The molecule has 4 nitrogen and oxygen atoms in total. The molecule has 1 heterocycles. The molecule has 2 aromatic carbocycles. The summed E-state index contributed by atoms with van der Waals surface area (Å²) in [7, 11) is 0. The fourth-order valence-corrected chi connectivity index (χ4v) is 3.66. The smallest absolute Gasteiger partial charge is 0.126 e. The first-order valence-corrected chi connectivity index (χ1v) is 10.2. The largest absolute Gasteiger partial charge is 0.314 e. The van der Waals surface area contributed by atoms with Crippen molar-refractivity contribution in [1.82, 2.24) is 20.4 Å². The molecule has 1 fully saturated rings. The van der Waals surface area contributed by atoms with Crippen LogP contribution in [0.25, 0.3) is 0 Å². The van der Waals surface area contributed by atoms with Crippen LogP contribution in [0.4, 0.5) is 17.6 Å². The van der Waals surface area contributed by atoms with Gasteiger partial charge in [0.1, 0.15) is 23.3 Å². The van der Waals surface area contributed by atoms with Crippen LogP contribution < -0.4 is 10.6 Å². The van der Waals surface area contributed by atoms with Crippen LogP contribution in [-0.2, 0) is 13.1 Å². The zero-order valence-corrected chi connectivity index (χ0v) is 16.9. The van der Waals surface area contributed by atoms with Gasteiger partial charge in [0.05, 0.1) is 0 Å². The van der Waals surface area contributed by atoms with Gasteiger partial charge in [-0.05, 0) is 35.4 Å². The minimum absolute atomic E-state index is 0.481. The lowest BCUT2D eigenvalue weighted by molar-refractivity contribution is 0.232. The maximum Gasteiger partial charge on any atom is 0.126 e. The average Bonchev–Trinajstić information content (AvgIpc) is 2.64. The normalized spacial score (nSPS) is 18.0. The predicted octanol–water partition coefficient (Wildman–Crippen LogP) is 2.74. The summed E-state index contributed by atoms with van der Waals surface area (Å²) < 4.78 is 53.8. The molecule has 2 N–H and O–H groups in total. The average molecular weight is 424 g/mol. The zero-order valence-electron chi connectivity index (χ0n) is 16.9. The SMILES string of the molecule is Fc1cc(F)cc(CN2CCNCCN(Cc3cc(F)cc(F)c3)CCNCC2)c1. The molecule has 1 aliphatic heterocycles. The Labute approximate surface area is 174 Å². The summed E-state index contributed by atoms with van der Waals surface area (Å²) in [5, 5.41) is 6.76. The summed E-state index contributed by atoms with van der Waals surface area (Å²) in [6.07, 6.45) is 0. The summed E-state index contributed by atoms with van der Waals surface area (Å²) in [4.78, 5) is 4.31. The number of halogens is 4. The molecular formula is C22H28F4N4. The molecule has 0 saturated carbocycles. The molecule has 0 bridgehead atoms. The van der Waals surface area contributed by atoms with Gasteiger partial charge in [-0.3, -0.25) is 9.80 Å². The molecular weight excluding hydrogens is 396 g/mol. The summed E-state index contributed by atoms with van der Waals surface area (Å²) in [5.74, 6) is -2.24. The molecule has 1 aliphatic rings. The lowest BCUT2D eigenvalue weighted by atomic mass is 10.2. The highest BCUT2D eigenvalue weighted by Gasteiger charge is 2.12. The van der Waals surface area contributed by atoms with Gasteiger partial charge in [-0.2, -0.15) is 0 Å². The van der Waals surface area contributed by atoms with Gasteiger partial charge in [0.15, 0.2) is 0 Å². The van der Waals surface area contributed by atoms with E-state index in [1.165, 1.54) is 24.3 Å². The second-order valence-corrected chi connectivity index (χ2v) is 7.61. The summed E-state index contributed by atoms with van der Waals surface area (Å²) in [6, 6.07) is 7.24. The highest BCUT2D eigenvalue weighted by Crippen LogP contribution is 2.12. The van der Waals surface area contributed by atoms with E-state index in [4.69, 9.17) is 0 Å². The number of nitrogens with zero attached hydrogens (tertiary/aromatic N) is 2. The molecule has 3 rings (SSSR count). The third-order valence-corrected chi connectivity index (χ3v) is 5.08. The molecule has 8 heteroatoms. The van der Waals surface area contributed by atoms with E-state index < -0.39 is 23.3 Å². The van der Waals surface area contributed by atoms with Gasteiger partial charge in [-0.1, -0.05) is 0 Å². The van der Waals surface area contributed by atoms with Crippen molar-refractivity contribution in [3.8, 4) is 0 Å². The minimum atomic E-state index is -0.561. The van der Waals surface area contributed by atoms with Gasteiger partial charge >= 0.3 is 0 Å². The van der Waals surface area contributed by atoms with Crippen molar-refractivity contribution in [2.75, 3.05) is 52.4 Å². The highest BCUT2D eigenvalue weighted by atomic mass is 19.1. The van der Waals surface area contributed by atoms with Crippen LogP contribution in [0, 0.1) is 23.3 Å². The molecule has 0 atom stereocenters. The van der Waals surface area contributed by atoms with Crippen LogP contribution in [0.5, 0.6) is 0 Å². The Balaban J connectivity index is 1.51. The van der Waals surface area contributed by atoms with Gasteiger partial charge < -0.3 is 10.6 Å². The van der Waals surface area contributed by atoms with E-state index in [1.807, 2.05) is 0 Å². The Bertz CT molecular complexity index is 698. The van der Waals surface area contributed by atoms with Crippen molar-refractivity contribution in [3.05, 3.63) is 70.8 Å². The van der Waals surface area contributed by atoms with Gasteiger partial charge in [-0.15, -0.1) is 0 Å². The van der Waals surface area contributed by atoms with Crippen LogP contribution in [0.15, 0.2) is 36.4 Å². The predicted molar refractivity (Wildman–Crippen MR) is 109 cm³/mol. The van der Waals surface area contributed by atoms with E-state index in [9.17, 15) is 17.6 Å². The Morgan fingerprint density at radius 3 is 1.13 bits per heavy atom. The molecule has 164 valence electrons. The molecule has 0 aliphatic carbocycles. The van der Waals surface area contributed by atoms with E-state index in [2.05, 4.69) is 20.4 Å². The molecule has 30 heavy (non-hydrogen) atoms. The number of nitrogens with one attached hydrogen (secondary N) is 2. The molecule has 2 aromatic rings. The Kier molecular flexibility index (Phi) is 8.62. The van der Waals surface area contributed by atoms with Gasteiger partial charge in [0.25, 0.3) is 0 Å². The van der Waals surface area contributed by atoms with E-state index in [0.717, 1.165) is 64.5 Å². The first-order chi connectivity index (χ1) is 14.5. The van der Waals surface area contributed by atoms with Crippen molar-refractivity contribution in [2.24, 2.45) is 0 Å². The third kappa shape index (κ3) is 7.68. The Hall–Kier alpha value is -2.00. The lowest BCUT2D eigenvalue weighted by Crippen LogP contribution is -2.42. The molecule has 0 amide bonds. The first-order valence-electron chi connectivity index (χ1n) is 10.2. The quantitative estimate of drug-likeness (QED) is 0.739. The first kappa shape index (κ1) is 22.7. The van der Waals surface area contributed by atoms with E-state index in [1.54, 1.807) is 0 Å². The molecule has 0 aromatic heterocycles. The minimum Gasteiger partial charge on any atom is -0.314 e. The maximum absolute atomic E-state index is 13.5. The highest BCUT2D eigenvalue weighted by molar-refractivity contribution is 5.18. The lowest BCUT2D eigenvalue weighted by Gasteiger charge is -2.27. The molecule has 0 spiro atoms. The van der Waals surface area contributed by atoms with E-state index >= 15 is 0 Å². The third-order valence-electron chi connectivity index (χ3n) is 5.08. The second kappa shape index (κ2) is 11.4. The van der Waals surface area contributed by atoms with Crippen molar-refractivity contribution in [2.45, 2.75) is 13.1 Å². The van der Waals surface area contributed by atoms with E-state index in [0.29, 0.717) is 24.2 Å². The zero-order chi connectivity index (χ0) is 21.3. The van der Waals surface area contributed by atoms with Crippen molar-refractivity contribution < 1.29 is 17.6 Å². The number of benzene rings is 2. The van der Waals surface area contributed by atoms with Crippen LogP contribution in [0.3, 0.4) is 0 Å². The number of hydrogen-bond donors (Lipinski definition) is 2. The Morgan fingerprint density at radius 1 is 0.533 bits per heavy atom. The molecule has 0 unspecified atom stereocenters. The van der Waals surface area contributed by atoms with E-state index in [-0.39, 0.29) is 0 Å². The van der Waals surface area contributed by atoms with Gasteiger partial charge in [0, 0.05) is 77.6 Å². The summed E-state index contributed by atoms with van der Waals surface area (Å²) >= 11 is 0. The summed E-state index contributed by atoms with van der Waals surface area (Å²) in [6.45, 7) is 6.89. The van der Waals surface area contributed by atoms with Crippen molar-refractivity contribution in [3.63, 3.8) is 0 Å². The Morgan fingerprint density at radius 2 is 0.833 bits per heavy atom.